The van der Waals surface area contributed by atoms with Crippen LogP contribution >= 0.6 is 11.6 Å². The molecular formula is C25H22ClN3O2. The Balaban J connectivity index is 1.62. The van der Waals surface area contributed by atoms with E-state index in [1.165, 1.54) is 6.92 Å². The molecule has 1 aromatic heterocycles. The minimum Gasteiger partial charge on any atom is -0.361 e. The SMILES string of the molecule is CC(=O)Nc1cccc(C(=O)NCC(c2ccccc2Cl)c2c[nH]c3ccccc23)c1. The highest BCUT2D eigenvalue weighted by atomic mass is 35.5. The maximum Gasteiger partial charge on any atom is 0.251 e. The van der Waals surface area contributed by atoms with E-state index >= 15 is 0 Å². The molecule has 31 heavy (non-hydrogen) atoms. The van der Waals surface area contributed by atoms with E-state index in [0.717, 1.165) is 22.0 Å². The Kier molecular flexibility index (Phi) is 6.05. The molecule has 0 fully saturated rings. The summed E-state index contributed by atoms with van der Waals surface area (Å²) in [7, 11) is 0. The van der Waals surface area contributed by atoms with Gasteiger partial charge in [0.1, 0.15) is 0 Å². The average Bonchev–Trinajstić information content (AvgIpc) is 3.19. The zero-order chi connectivity index (χ0) is 21.8. The molecule has 0 saturated heterocycles. The molecule has 0 aliphatic rings. The van der Waals surface area contributed by atoms with Gasteiger partial charge >= 0.3 is 0 Å². The first-order chi connectivity index (χ1) is 15.0. The van der Waals surface area contributed by atoms with Crippen molar-refractivity contribution in [2.24, 2.45) is 0 Å². The lowest BCUT2D eigenvalue weighted by Gasteiger charge is -2.19. The summed E-state index contributed by atoms with van der Waals surface area (Å²) in [5.41, 5.74) is 4.10. The highest BCUT2D eigenvalue weighted by Gasteiger charge is 2.21. The van der Waals surface area contributed by atoms with Gasteiger partial charge in [0.15, 0.2) is 0 Å². The number of rotatable bonds is 6. The van der Waals surface area contributed by atoms with Crippen LogP contribution in [-0.2, 0) is 4.79 Å². The van der Waals surface area contributed by atoms with Gasteiger partial charge in [0.2, 0.25) is 5.91 Å². The Morgan fingerprint density at radius 1 is 0.968 bits per heavy atom. The van der Waals surface area contributed by atoms with Crippen LogP contribution in [-0.4, -0.2) is 23.3 Å². The lowest BCUT2D eigenvalue weighted by molar-refractivity contribution is -0.114. The summed E-state index contributed by atoms with van der Waals surface area (Å²) in [5.74, 6) is -0.535. The molecule has 0 aliphatic heterocycles. The fourth-order valence-corrected chi connectivity index (χ4v) is 4.03. The van der Waals surface area contributed by atoms with Gasteiger partial charge in [-0.05, 0) is 41.5 Å². The number of anilines is 1. The summed E-state index contributed by atoms with van der Waals surface area (Å²) in [6.07, 6.45) is 1.97. The number of hydrogen-bond acceptors (Lipinski definition) is 2. The molecular weight excluding hydrogens is 410 g/mol. The van der Waals surface area contributed by atoms with Crippen molar-refractivity contribution in [3.05, 3.63) is 101 Å². The molecule has 1 heterocycles. The molecule has 1 atom stereocenters. The molecule has 5 nitrogen and oxygen atoms in total. The van der Waals surface area contributed by atoms with E-state index in [1.54, 1.807) is 24.3 Å². The van der Waals surface area contributed by atoms with E-state index in [2.05, 4.69) is 21.7 Å². The van der Waals surface area contributed by atoms with E-state index in [9.17, 15) is 9.59 Å². The number of H-pyrrole nitrogens is 1. The molecule has 0 spiro atoms. The zero-order valence-electron chi connectivity index (χ0n) is 17.0. The summed E-state index contributed by atoms with van der Waals surface area (Å²) in [6, 6.07) is 22.6. The summed E-state index contributed by atoms with van der Waals surface area (Å²) < 4.78 is 0. The second-order valence-corrected chi connectivity index (χ2v) is 7.74. The van der Waals surface area contributed by atoms with Crippen LogP contribution in [0.2, 0.25) is 5.02 Å². The zero-order valence-corrected chi connectivity index (χ0v) is 17.7. The molecule has 0 radical (unpaired) electrons. The standard InChI is InChI=1S/C25H22ClN3O2/c1-16(30)29-18-8-6-7-17(13-18)25(31)28-15-21(19-9-2-4-11-23(19)26)22-14-27-24-12-5-3-10-20(22)24/h2-14,21,27H,15H2,1H3,(H,28,31)(H,29,30). The molecule has 6 heteroatoms. The third-order valence-corrected chi connectivity index (χ3v) is 5.53. The van der Waals surface area contributed by atoms with Gasteiger partial charge in [0.05, 0.1) is 0 Å². The Labute approximate surface area is 185 Å². The van der Waals surface area contributed by atoms with Crippen LogP contribution < -0.4 is 10.6 Å². The van der Waals surface area contributed by atoms with Crippen molar-refractivity contribution >= 4 is 40.0 Å². The summed E-state index contributed by atoms with van der Waals surface area (Å²) in [5, 5.41) is 7.48. The molecule has 0 aliphatic carbocycles. The number of halogens is 1. The van der Waals surface area contributed by atoms with Crippen molar-refractivity contribution in [1.29, 1.82) is 0 Å². The van der Waals surface area contributed by atoms with E-state index in [4.69, 9.17) is 11.6 Å². The first-order valence-electron chi connectivity index (χ1n) is 9.99. The number of fused-ring (bicyclic) bond motifs is 1. The van der Waals surface area contributed by atoms with Crippen molar-refractivity contribution in [1.82, 2.24) is 10.3 Å². The van der Waals surface area contributed by atoms with Crippen molar-refractivity contribution in [3.63, 3.8) is 0 Å². The van der Waals surface area contributed by atoms with Gasteiger partial charge in [-0.1, -0.05) is 54.1 Å². The van der Waals surface area contributed by atoms with Crippen LogP contribution in [0.5, 0.6) is 0 Å². The maximum atomic E-state index is 12.9. The fraction of sp³-hybridized carbons (Fsp3) is 0.120. The van der Waals surface area contributed by atoms with Crippen molar-refractivity contribution < 1.29 is 9.59 Å². The van der Waals surface area contributed by atoms with Gasteiger partial charge in [0, 0.05) is 52.8 Å². The number of aromatic amines is 1. The minimum absolute atomic E-state index is 0.132. The second-order valence-electron chi connectivity index (χ2n) is 7.34. The summed E-state index contributed by atoms with van der Waals surface area (Å²) in [4.78, 5) is 27.5. The number of amides is 2. The predicted octanol–water partition coefficient (Wildman–Crippen LogP) is 5.34. The lowest BCUT2D eigenvalue weighted by atomic mass is 9.90. The van der Waals surface area contributed by atoms with E-state index < -0.39 is 0 Å². The Morgan fingerprint density at radius 3 is 2.55 bits per heavy atom. The highest BCUT2D eigenvalue weighted by Crippen LogP contribution is 2.34. The van der Waals surface area contributed by atoms with E-state index in [0.29, 0.717) is 22.8 Å². The quantitative estimate of drug-likeness (QED) is 0.385. The number of carbonyl (C=O) groups excluding carboxylic acids is 2. The van der Waals surface area contributed by atoms with Crippen LogP contribution in [0.3, 0.4) is 0 Å². The largest absolute Gasteiger partial charge is 0.361 e. The molecule has 0 bridgehead atoms. The maximum absolute atomic E-state index is 12.9. The molecule has 0 saturated carbocycles. The number of nitrogens with one attached hydrogen (secondary N) is 3. The topological polar surface area (TPSA) is 74.0 Å². The second kappa shape index (κ2) is 9.06. The monoisotopic (exact) mass is 431 g/mol. The molecule has 2 amide bonds. The fourth-order valence-electron chi connectivity index (χ4n) is 3.77. The number of aromatic nitrogens is 1. The number of para-hydroxylation sites is 1. The van der Waals surface area contributed by atoms with Gasteiger partial charge in [0.25, 0.3) is 5.91 Å². The van der Waals surface area contributed by atoms with Crippen molar-refractivity contribution in [2.45, 2.75) is 12.8 Å². The highest BCUT2D eigenvalue weighted by molar-refractivity contribution is 6.31. The van der Waals surface area contributed by atoms with Gasteiger partial charge in [-0.15, -0.1) is 0 Å². The third kappa shape index (κ3) is 4.62. The molecule has 4 aromatic rings. The predicted molar refractivity (Wildman–Crippen MR) is 125 cm³/mol. The van der Waals surface area contributed by atoms with E-state index in [1.807, 2.05) is 48.7 Å². The smallest absolute Gasteiger partial charge is 0.251 e. The third-order valence-electron chi connectivity index (χ3n) is 5.19. The molecule has 4 rings (SSSR count). The Hall–Kier alpha value is -3.57. The number of benzene rings is 3. The molecule has 3 aromatic carbocycles. The number of hydrogen-bond donors (Lipinski definition) is 3. The lowest BCUT2D eigenvalue weighted by Crippen LogP contribution is -2.29. The average molecular weight is 432 g/mol. The molecule has 1 unspecified atom stereocenters. The molecule has 3 N–H and O–H groups in total. The minimum atomic E-state index is -0.218. The summed E-state index contributed by atoms with van der Waals surface area (Å²) >= 11 is 6.53. The molecule has 156 valence electrons. The first kappa shape index (κ1) is 20.7. The van der Waals surface area contributed by atoms with Crippen LogP contribution in [0.25, 0.3) is 10.9 Å². The van der Waals surface area contributed by atoms with Crippen molar-refractivity contribution in [2.75, 3.05) is 11.9 Å². The van der Waals surface area contributed by atoms with Crippen molar-refractivity contribution in [3.8, 4) is 0 Å². The Morgan fingerprint density at radius 2 is 1.74 bits per heavy atom. The number of carbonyl (C=O) groups is 2. The van der Waals surface area contributed by atoms with Gasteiger partial charge < -0.3 is 15.6 Å². The van der Waals surface area contributed by atoms with Crippen LogP contribution in [0.15, 0.2) is 79.0 Å². The van der Waals surface area contributed by atoms with E-state index in [-0.39, 0.29) is 17.7 Å². The normalized spacial score (nSPS) is 11.8. The van der Waals surface area contributed by atoms with Gasteiger partial charge in [-0.25, -0.2) is 0 Å². The van der Waals surface area contributed by atoms with Crippen LogP contribution in [0, 0.1) is 0 Å². The summed E-state index contributed by atoms with van der Waals surface area (Å²) in [6.45, 7) is 1.80. The van der Waals surface area contributed by atoms with Gasteiger partial charge in [-0.2, -0.15) is 0 Å². The van der Waals surface area contributed by atoms with Gasteiger partial charge in [-0.3, -0.25) is 9.59 Å². The Bertz CT molecular complexity index is 1250. The van der Waals surface area contributed by atoms with Crippen LogP contribution in [0.4, 0.5) is 5.69 Å². The van der Waals surface area contributed by atoms with Crippen LogP contribution in [0.1, 0.15) is 34.3 Å². The first-order valence-corrected chi connectivity index (χ1v) is 10.4.